The maximum atomic E-state index is 14.9. The lowest BCUT2D eigenvalue weighted by molar-refractivity contribution is -0.0889. The number of nitrogens with zero attached hydrogens (tertiary/aromatic N) is 1. The molecule has 1 aliphatic rings. The molecule has 192 valence electrons. The zero-order valence-electron chi connectivity index (χ0n) is 20.4. The first-order chi connectivity index (χ1) is 16.2. The van der Waals surface area contributed by atoms with Gasteiger partial charge in [-0.05, 0) is 59.2 Å². The summed E-state index contributed by atoms with van der Waals surface area (Å²) in [5.41, 5.74) is 5.97. The van der Waals surface area contributed by atoms with Gasteiger partial charge in [0.15, 0.2) is 0 Å². The van der Waals surface area contributed by atoms with Gasteiger partial charge >= 0.3 is 6.09 Å². The Hall–Kier alpha value is -2.95. The van der Waals surface area contributed by atoms with Crippen molar-refractivity contribution in [3.8, 4) is 5.75 Å². The number of nitrogens with two attached hydrogens (primary N) is 1. The van der Waals surface area contributed by atoms with E-state index in [1.165, 1.54) is 0 Å². The summed E-state index contributed by atoms with van der Waals surface area (Å²) in [6.07, 6.45) is -0.938. The number of ether oxygens (including phenoxy) is 2. The van der Waals surface area contributed by atoms with Gasteiger partial charge in [-0.2, -0.15) is 0 Å². The first-order valence-electron chi connectivity index (χ1n) is 11.1. The van der Waals surface area contributed by atoms with Crippen LogP contribution in [0.4, 0.5) is 13.6 Å². The number of carbonyl (C=O) groups is 2. The van der Waals surface area contributed by atoms with Crippen molar-refractivity contribution in [1.29, 1.82) is 0 Å². The summed E-state index contributed by atoms with van der Waals surface area (Å²) >= 11 is 4.26. The van der Waals surface area contributed by atoms with Gasteiger partial charge in [0.25, 0.3) is 11.8 Å². The molecular weight excluding hydrogens is 480 g/mol. The number of nitrogens with one attached hydrogen (secondary N) is 1. The third-order valence-electron chi connectivity index (χ3n) is 5.45. The number of benzene rings is 1. The Bertz CT molecular complexity index is 1150. The van der Waals surface area contributed by atoms with E-state index >= 15 is 0 Å². The lowest BCUT2D eigenvalue weighted by atomic mass is 10.00. The molecule has 0 aliphatic carbocycles. The third kappa shape index (κ3) is 6.39. The molecule has 3 rings (SSSR count). The fourth-order valence-electron chi connectivity index (χ4n) is 3.67. The molecule has 2 heterocycles. The largest absolute Gasteiger partial charge is 0.488 e. The van der Waals surface area contributed by atoms with Crippen LogP contribution in [0.5, 0.6) is 5.75 Å². The fourth-order valence-corrected chi connectivity index (χ4v) is 3.73. The normalized spacial score (nSPS) is 18.7. The molecule has 1 unspecified atom stereocenters. The molecule has 1 aromatic carbocycles. The molecule has 1 aliphatic heterocycles. The Kier molecular flexibility index (Phi) is 7.59. The highest BCUT2D eigenvalue weighted by molar-refractivity contribution is 7.84. The molecule has 1 fully saturated rings. The van der Waals surface area contributed by atoms with Crippen LogP contribution in [0.3, 0.4) is 0 Å². The number of carbonyl (C=O) groups excluding carboxylic acids is 2. The number of likely N-dealkylation sites (tertiary alicyclic amines) is 1. The Morgan fingerprint density at radius 2 is 2.03 bits per heavy atom. The molecule has 2 amide bonds. The van der Waals surface area contributed by atoms with Gasteiger partial charge in [-0.1, -0.05) is 0 Å². The summed E-state index contributed by atoms with van der Waals surface area (Å²) in [6, 6.07) is 3.46. The van der Waals surface area contributed by atoms with Crippen LogP contribution in [-0.2, 0) is 4.74 Å². The van der Waals surface area contributed by atoms with E-state index in [0.717, 1.165) is 4.90 Å². The fraction of sp³-hybridized carbons (Fsp3) is 0.500. The Balaban J connectivity index is 1.76. The number of halogens is 2. The predicted molar refractivity (Wildman–Crippen MR) is 131 cm³/mol. The standard InChI is InChI=1S/C24H31F2N3O5S/c1-13(27)18(35)11-32-15-6-7-17-16(10-15)20(14(2)33-17)21(30)28-19-8-9-29(12-24(19,25)26)22(31)34-23(3,4)5/h6-7,10,19,35H,8-9,11-12,27H2,1-5H3,(H,28,30)/b18-13-. The molecule has 35 heavy (non-hydrogen) atoms. The average molecular weight is 512 g/mol. The minimum atomic E-state index is -3.35. The highest BCUT2D eigenvalue weighted by Crippen LogP contribution is 2.32. The zero-order chi connectivity index (χ0) is 26.1. The van der Waals surface area contributed by atoms with Crippen LogP contribution in [0.15, 0.2) is 33.2 Å². The summed E-state index contributed by atoms with van der Waals surface area (Å²) in [4.78, 5) is 26.8. The van der Waals surface area contributed by atoms with E-state index in [1.54, 1.807) is 52.8 Å². The number of fused-ring (bicyclic) bond motifs is 1. The first-order valence-corrected chi connectivity index (χ1v) is 11.6. The number of thiol groups is 1. The maximum Gasteiger partial charge on any atom is 0.410 e. The first kappa shape index (κ1) is 26.7. The summed E-state index contributed by atoms with van der Waals surface area (Å²) in [5, 5.41) is 2.86. The molecule has 11 heteroatoms. The van der Waals surface area contributed by atoms with Crippen LogP contribution in [-0.4, -0.2) is 54.2 Å². The number of alkyl halides is 2. The number of allylic oxidation sites excluding steroid dienone is 1. The quantitative estimate of drug-likeness (QED) is 0.506. The monoisotopic (exact) mass is 511 g/mol. The Labute approximate surface area is 208 Å². The highest BCUT2D eigenvalue weighted by Gasteiger charge is 2.47. The second kappa shape index (κ2) is 9.96. The maximum absolute atomic E-state index is 14.9. The molecule has 1 aromatic heterocycles. The number of furan rings is 1. The Morgan fingerprint density at radius 3 is 2.63 bits per heavy atom. The summed E-state index contributed by atoms with van der Waals surface area (Å²) in [7, 11) is 0. The van der Waals surface area contributed by atoms with E-state index in [0.29, 0.717) is 27.3 Å². The van der Waals surface area contributed by atoms with E-state index < -0.39 is 36.1 Å². The molecule has 0 bridgehead atoms. The van der Waals surface area contributed by atoms with E-state index in [2.05, 4.69) is 17.9 Å². The zero-order valence-corrected chi connectivity index (χ0v) is 21.3. The van der Waals surface area contributed by atoms with Crippen LogP contribution >= 0.6 is 12.6 Å². The third-order valence-corrected chi connectivity index (χ3v) is 5.93. The minimum Gasteiger partial charge on any atom is -0.488 e. The topological polar surface area (TPSA) is 107 Å². The van der Waals surface area contributed by atoms with Crippen molar-refractivity contribution >= 4 is 35.6 Å². The van der Waals surface area contributed by atoms with Gasteiger partial charge < -0.3 is 29.8 Å². The number of rotatable bonds is 5. The number of amides is 2. The lowest BCUT2D eigenvalue weighted by Crippen LogP contribution is -2.59. The van der Waals surface area contributed by atoms with Crippen LogP contribution in [0, 0.1) is 6.92 Å². The molecule has 3 N–H and O–H groups in total. The Morgan fingerprint density at radius 1 is 1.34 bits per heavy atom. The second-order valence-corrected chi connectivity index (χ2v) is 10.1. The van der Waals surface area contributed by atoms with Crippen LogP contribution in [0.2, 0.25) is 0 Å². The second-order valence-electron chi connectivity index (χ2n) is 9.59. The molecule has 0 spiro atoms. The van der Waals surface area contributed by atoms with E-state index in [1.807, 2.05) is 0 Å². The van der Waals surface area contributed by atoms with Crippen molar-refractivity contribution in [2.45, 2.75) is 58.6 Å². The van der Waals surface area contributed by atoms with Crippen molar-refractivity contribution < 1.29 is 32.3 Å². The molecule has 2 aromatic rings. The summed E-state index contributed by atoms with van der Waals surface area (Å²) in [6.45, 7) is 7.59. The lowest BCUT2D eigenvalue weighted by Gasteiger charge is -2.38. The average Bonchev–Trinajstić information content (AvgIpc) is 3.06. The van der Waals surface area contributed by atoms with Crippen LogP contribution < -0.4 is 15.8 Å². The van der Waals surface area contributed by atoms with Crippen LogP contribution in [0.1, 0.15) is 50.2 Å². The highest BCUT2D eigenvalue weighted by atomic mass is 32.1. The van der Waals surface area contributed by atoms with Crippen molar-refractivity contribution in [2.24, 2.45) is 5.73 Å². The number of aryl methyl sites for hydroxylation is 1. The van der Waals surface area contributed by atoms with Gasteiger partial charge in [0, 0.05) is 22.5 Å². The molecule has 1 atom stereocenters. The van der Waals surface area contributed by atoms with Crippen molar-refractivity contribution in [1.82, 2.24) is 10.2 Å². The minimum absolute atomic E-state index is 0.0265. The summed E-state index contributed by atoms with van der Waals surface area (Å²) < 4.78 is 46.3. The van der Waals surface area contributed by atoms with Crippen LogP contribution in [0.25, 0.3) is 11.0 Å². The van der Waals surface area contributed by atoms with Gasteiger partial charge in [0.05, 0.1) is 18.2 Å². The summed E-state index contributed by atoms with van der Waals surface area (Å²) in [5.74, 6) is -3.31. The van der Waals surface area contributed by atoms with Gasteiger partial charge in [-0.3, -0.25) is 4.79 Å². The number of hydrogen-bond donors (Lipinski definition) is 3. The van der Waals surface area contributed by atoms with Crippen molar-refractivity contribution in [2.75, 3.05) is 19.7 Å². The molecular formula is C24H31F2N3O5S. The van der Waals surface area contributed by atoms with Crippen molar-refractivity contribution in [3.05, 3.63) is 40.1 Å². The van der Waals surface area contributed by atoms with Gasteiger partial charge in [-0.25, -0.2) is 13.6 Å². The molecule has 0 saturated carbocycles. The number of piperidine rings is 1. The predicted octanol–water partition coefficient (Wildman–Crippen LogP) is 4.61. The van der Waals surface area contributed by atoms with Gasteiger partial charge in [-0.15, -0.1) is 12.6 Å². The van der Waals surface area contributed by atoms with Gasteiger partial charge in [0.1, 0.15) is 29.3 Å². The SMILES string of the molecule is C/C(N)=C(/S)COc1ccc2oc(C)c(C(=O)NC3CCN(C(=O)OC(C)(C)C)CC3(F)F)c2c1. The smallest absolute Gasteiger partial charge is 0.410 e. The van der Waals surface area contributed by atoms with E-state index in [4.69, 9.17) is 19.6 Å². The van der Waals surface area contributed by atoms with E-state index in [-0.39, 0.29) is 30.9 Å². The molecule has 8 nitrogen and oxygen atoms in total. The van der Waals surface area contributed by atoms with E-state index in [9.17, 15) is 18.4 Å². The number of hydrogen-bond acceptors (Lipinski definition) is 7. The van der Waals surface area contributed by atoms with Crippen molar-refractivity contribution in [3.63, 3.8) is 0 Å². The molecule has 0 radical (unpaired) electrons. The molecule has 1 saturated heterocycles. The van der Waals surface area contributed by atoms with Gasteiger partial charge in [0.2, 0.25) is 0 Å².